The Balaban J connectivity index is 1.20. The molecule has 0 spiro atoms. The number of halogens is 2. The first-order valence-corrected chi connectivity index (χ1v) is 12.0. The highest BCUT2D eigenvalue weighted by Gasteiger charge is 2.35. The predicted octanol–water partition coefficient (Wildman–Crippen LogP) is 5.04. The lowest BCUT2D eigenvalue weighted by molar-refractivity contribution is -0.138. The van der Waals surface area contributed by atoms with E-state index in [1.165, 1.54) is 5.56 Å². The monoisotopic (exact) mass is 492 g/mol. The maximum Gasteiger partial charge on any atom is 0.303 e. The second kappa shape index (κ2) is 10.0. The fourth-order valence-electron chi connectivity index (χ4n) is 4.99. The number of nitrogens with zero attached hydrogens (tertiary/aromatic N) is 3. The topological polar surface area (TPSA) is 87.9 Å². The SMILES string of the molecule is O=C(O)CC1CCC(c2ccc(N3C=CC4=NC(C(=O)Nc5cc(F)ccc5F)=C[N+]4C3)cc2)CC1. The van der Waals surface area contributed by atoms with Gasteiger partial charge in [0.1, 0.15) is 11.6 Å². The summed E-state index contributed by atoms with van der Waals surface area (Å²) in [6.45, 7) is 0.445. The Morgan fingerprint density at radius 3 is 2.56 bits per heavy atom. The third kappa shape index (κ3) is 5.21. The van der Waals surface area contributed by atoms with E-state index in [0.717, 1.165) is 49.6 Å². The van der Waals surface area contributed by atoms with Crippen molar-refractivity contribution < 1.29 is 23.5 Å². The predicted molar refractivity (Wildman–Crippen MR) is 133 cm³/mol. The van der Waals surface area contributed by atoms with Crippen molar-refractivity contribution >= 4 is 29.1 Å². The quantitative estimate of drug-likeness (QED) is 0.554. The van der Waals surface area contributed by atoms with Crippen molar-refractivity contribution in [2.45, 2.75) is 38.0 Å². The molecule has 7 nitrogen and oxygen atoms in total. The molecule has 1 fully saturated rings. The van der Waals surface area contributed by atoms with Crippen molar-refractivity contribution in [2.75, 3.05) is 16.9 Å². The third-order valence-electron chi connectivity index (χ3n) is 6.93. The van der Waals surface area contributed by atoms with Gasteiger partial charge >= 0.3 is 5.97 Å². The maximum atomic E-state index is 13.9. The van der Waals surface area contributed by atoms with E-state index in [1.807, 2.05) is 16.0 Å². The Labute approximate surface area is 207 Å². The molecule has 0 unspecified atom stereocenters. The number of hydrogen-bond acceptors (Lipinski definition) is 5. The van der Waals surface area contributed by atoms with Crippen LogP contribution in [-0.2, 0) is 9.59 Å². The van der Waals surface area contributed by atoms with Gasteiger partial charge < -0.3 is 10.4 Å². The summed E-state index contributed by atoms with van der Waals surface area (Å²) < 4.78 is 27.3. The number of hydrogen-bond donors (Lipinski definition) is 2. The Kier molecular flexibility index (Phi) is 6.65. The number of amidine groups is 1. The molecule has 36 heavy (non-hydrogen) atoms. The summed E-state index contributed by atoms with van der Waals surface area (Å²) in [4.78, 5) is 31.7. The summed E-state index contributed by atoms with van der Waals surface area (Å²) in [7, 11) is 0. The van der Waals surface area contributed by atoms with E-state index in [2.05, 4.69) is 34.6 Å². The highest BCUT2D eigenvalue weighted by atomic mass is 19.1. The molecule has 185 valence electrons. The first kappa shape index (κ1) is 23.9. The zero-order chi connectivity index (χ0) is 25.2. The third-order valence-corrected chi connectivity index (χ3v) is 6.93. The number of rotatable bonds is 6. The van der Waals surface area contributed by atoms with Gasteiger partial charge in [0.05, 0.1) is 5.69 Å². The van der Waals surface area contributed by atoms with Gasteiger partial charge in [-0.3, -0.25) is 14.5 Å². The second-order valence-electron chi connectivity index (χ2n) is 9.37. The summed E-state index contributed by atoms with van der Waals surface area (Å²) in [5.74, 6) is -1.39. The molecule has 3 aliphatic rings. The lowest BCUT2D eigenvalue weighted by Crippen LogP contribution is -2.41. The Morgan fingerprint density at radius 2 is 1.83 bits per heavy atom. The number of anilines is 2. The van der Waals surface area contributed by atoms with Crippen LogP contribution in [0.5, 0.6) is 0 Å². The number of carboxylic acid groups (broad SMARTS) is 1. The van der Waals surface area contributed by atoms with Crippen molar-refractivity contribution in [1.29, 1.82) is 0 Å². The van der Waals surface area contributed by atoms with Crippen LogP contribution in [0.3, 0.4) is 0 Å². The van der Waals surface area contributed by atoms with Crippen molar-refractivity contribution in [3.63, 3.8) is 0 Å². The number of amides is 1. The molecular formula is C27H26F2N4O3+. The average Bonchev–Trinajstić information content (AvgIpc) is 3.30. The standard InChI is InChI=1S/C27H26F2N4O3/c28-20-7-10-22(29)23(14-20)31-27(36)24-15-33-16-32(12-11-25(33)30-24)21-8-5-19(6-9-21)18-3-1-17(2-4-18)13-26(34)35/h5-12,14-15,17-18H,1-4,13,16H2,(H,31,36)(H,34,35)/q+1. The van der Waals surface area contributed by atoms with Crippen LogP contribution >= 0.6 is 0 Å². The van der Waals surface area contributed by atoms with E-state index in [0.29, 0.717) is 18.4 Å². The summed E-state index contributed by atoms with van der Waals surface area (Å²) in [5, 5.41) is 11.4. The highest BCUT2D eigenvalue weighted by molar-refractivity contribution is 6.10. The summed E-state index contributed by atoms with van der Waals surface area (Å²) in [5.41, 5.74) is 2.12. The smallest absolute Gasteiger partial charge is 0.303 e. The Bertz CT molecular complexity index is 1260. The summed E-state index contributed by atoms with van der Waals surface area (Å²) in [6, 6.07) is 11.2. The van der Waals surface area contributed by atoms with Gasteiger partial charge in [-0.2, -0.15) is 4.99 Å². The van der Waals surface area contributed by atoms with Crippen LogP contribution in [0.2, 0.25) is 0 Å². The van der Waals surface area contributed by atoms with Crippen LogP contribution < -0.4 is 15.1 Å². The average molecular weight is 493 g/mol. The first-order valence-electron chi connectivity index (χ1n) is 12.0. The van der Waals surface area contributed by atoms with E-state index in [4.69, 9.17) is 5.11 Å². The maximum absolute atomic E-state index is 13.9. The van der Waals surface area contributed by atoms with Crippen LogP contribution in [-0.4, -0.2) is 29.5 Å². The van der Waals surface area contributed by atoms with E-state index in [-0.39, 0.29) is 23.7 Å². The number of benzene rings is 2. The number of carboxylic acids is 1. The molecule has 1 amide bonds. The molecule has 0 bridgehead atoms. The molecule has 1 saturated carbocycles. The Hall–Kier alpha value is -3.85. The molecule has 0 saturated heterocycles. The molecule has 0 atom stereocenters. The minimum Gasteiger partial charge on any atom is -0.481 e. The molecule has 1 aliphatic carbocycles. The number of aliphatic imine (C=N–C) groups is 1. The number of fused-ring (bicyclic) bond motifs is 1. The van der Waals surface area contributed by atoms with Gasteiger partial charge in [0.2, 0.25) is 6.67 Å². The van der Waals surface area contributed by atoms with Crippen molar-refractivity contribution in [3.8, 4) is 0 Å². The van der Waals surface area contributed by atoms with Crippen LogP contribution in [0.25, 0.3) is 0 Å². The molecule has 0 aromatic heterocycles. The molecule has 1 radical (unpaired) electrons. The zero-order valence-corrected chi connectivity index (χ0v) is 19.5. The van der Waals surface area contributed by atoms with Crippen LogP contribution in [0, 0.1) is 17.6 Å². The van der Waals surface area contributed by atoms with Gasteiger partial charge in [-0.1, -0.05) is 17.0 Å². The lowest BCUT2D eigenvalue weighted by atomic mass is 9.77. The van der Waals surface area contributed by atoms with Crippen molar-refractivity contribution in [1.82, 2.24) is 4.90 Å². The van der Waals surface area contributed by atoms with Gasteiger partial charge in [0.15, 0.2) is 11.9 Å². The minimum atomic E-state index is -0.725. The number of carbonyl (C=O) groups excluding carboxylic acids is 1. The first-order chi connectivity index (χ1) is 17.4. The second-order valence-corrected chi connectivity index (χ2v) is 9.37. The summed E-state index contributed by atoms with van der Waals surface area (Å²) in [6.07, 6.45) is 9.42. The molecule has 2 aromatic rings. The molecule has 2 aliphatic heterocycles. The number of carbonyl (C=O) groups is 2. The minimum absolute atomic E-state index is 0.106. The zero-order valence-electron chi connectivity index (χ0n) is 19.5. The van der Waals surface area contributed by atoms with E-state index in [1.54, 1.807) is 12.3 Å². The van der Waals surface area contributed by atoms with E-state index >= 15 is 0 Å². The van der Waals surface area contributed by atoms with Crippen LogP contribution in [0.1, 0.15) is 43.6 Å². The normalized spacial score (nSPS) is 21.6. The van der Waals surface area contributed by atoms with Crippen LogP contribution in [0.15, 0.2) is 71.6 Å². The van der Waals surface area contributed by atoms with Gasteiger partial charge in [-0.05, 0) is 67.3 Å². The molecule has 9 heteroatoms. The lowest BCUT2D eigenvalue weighted by Gasteiger charge is -2.28. The van der Waals surface area contributed by atoms with Gasteiger partial charge in [-0.15, -0.1) is 0 Å². The van der Waals surface area contributed by atoms with E-state index < -0.39 is 23.5 Å². The fraction of sp³-hybridized carbons (Fsp3) is 0.296. The molecule has 2 N–H and O–H groups in total. The highest BCUT2D eigenvalue weighted by Crippen LogP contribution is 2.37. The van der Waals surface area contributed by atoms with Crippen LogP contribution in [0.4, 0.5) is 20.2 Å². The fourth-order valence-corrected chi connectivity index (χ4v) is 4.99. The summed E-state index contributed by atoms with van der Waals surface area (Å²) >= 11 is 0. The molecule has 2 aromatic carbocycles. The van der Waals surface area contributed by atoms with Crippen molar-refractivity contribution in [2.24, 2.45) is 10.9 Å². The Morgan fingerprint density at radius 1 is 1.08 bits per heavy atom. The van der Waals surface area contributed by atoms with Crippen molar-refractivity contribution in [3.05, 3.63) is 83.8 Å². The van der Waals surface area contributed by atoms with E-state index in [9.17, 15) is 18.4 Å². The molecule has 5 rings (SSSR count). The molecular weight excluding hydrogens is 466 g/mol. The number of nitrogens with one attached hydrogen (secondary N) is 1. The number of aliphatic carboxylic acids is 1. The molecule has 2 heterocycles. The van der Waals surface area contributed by atoms with Gasteiger partial charge in [-0.25, -0.2) is 8.78 Å². The van der Waals surface area contributed by atoms with Gasteiger partial charge in [0, 0.05) is 30.5 Å². The van der Waals surface area contributed by atoms with Gasteiger partial charge in [0.25, 0.3) is 11.7 Å². The largest absolute Gasteiger partial charge is 0.481 e.